The first kappa shape index (κ1) is 67.5. The SMILES string of the molecule is C=CCCCCCCCCC(=O)N[C@@H]1O[C@H](CO)[C@@H](O[C@@H]2O[C@H](CO)[C@H](O[C@@H]3O[C@H](CO)[C@H](O)[C@H](O[C@@H]4O[C@H](CO)[C@H](O)[C@H](O)[C@H]4O)[C@H]3NC(C)=O)[C@H](O[C@]3(C(=O)O)C[C@H](O)[C@@H](NC(C)=O)[C@H]([C@H](O)[C@H](O)CO)O3)[C@H]2O)[C@H](O)[C@H]1O. The van der Waals surface area contributed by atoms with Gasteiger partial charge in [0.2, 0.25) is 17.7 Å². The van der Waals surface area contributed by atoms with Crippen LogP contribution in [-0.2, 0) is 61.8 Å². The molecule has 32 heteroatoms. The molecule has 0 bridgehead atoms. The number of rotatable bonds is 28. The van der Waals surface area contributed by atoms with Gasteiger partial charge in [0.05, 0.1) is 45.2 Å². The van der Waals surface area contributed by atoms with Gasteiger partial charge in [-0.2, -0.15) is 0 Å². The van der Waals surface area contributed by atoms with Gasteiger partial charge in [-0.1, -0.05) is 31.8 Å². The van der Waals surface area contributed by atoms with Crippen LogP contribution in [0.1, 0.15) is 71.6 Å². The first-order valence-electron chi connectivity index (χ1n) is 26.4. The summed E-state index contributed by atoms with van der Waals surface area (Å²) in [6, 6.07) is -3.62. The second kappa shape index (κ2) is 31.0. The van der Waals surface area contributed by atoms with E-state index in [2.05, 4.69) is 22.5 Å². The summed E-state index contributed by atoms with van der Waals surface area (Å²) in [6.45, 7) is 0.221. The fraction of sp³-hybridized carbons (Fsp3) is 0.875. The summed E-state index contributed by atoms with van der Waals surface area (Å²) in [6.07, 6.45) is -40.5. The molecule has 0 aliphatic carbocycles. The van der Waals surface area contributed by atoms with E-state index >= 15 is 0 Å². The lowest BCUT2D eigenvalue weighted by Gasteiger charge is -2.52. The second-order valence-corrected chi connectivity index (χ2v) is 20.4. The quantitative estimate of drug-likeness (QED) is 0.0255. The zero-order chi connectivity index (χ0) is 59.3. The minimum absolute atomic E-state index is 0.00710. The second-order valence-electron chi connectivity index (χ2n) is 20.4. The Bertz CT molecular complexity index is 1960. The molecule has 3 amide bonds. The van der Waals surface area contributed by atoms with Crippen LogP contribution in [0.4, 0.5) is 0 Å². The fourth-order valence-electron chi connectivity index (χ4n) is 10.2. The summed E-state index contributed by atoms with van der Waals surface area (Å²) >= 11 is 0. The third-order valence-corrected chi connectivity index (χ3v) is 14.5. The van der Waals surface area contributed by atoms with Gasteiger partial charge in [-0.15, -0.1) is 6.58 Å². The predicted octanol–water partition coefficient (Wildman–Crippen LogP) is -9.00. The van der Waals surface area contributed by atoms with E-state index in [1.54, 1.807) is 0 Å². The smallest absolute Gasteiger partial charge is 0.364 e. The van der Waals surface area contributed by atoms with Gasteiger partial charge in [0, 0.05) is 26.7 Å². The number of nitrogens with one attached hydrogen (secondary N) is 3. The number of carboxylic acid groups (broad SMARTS) is 1. The van der Waals surface area contributed by atoms with Crippen molar-refractivity contribution >= 4 is 23.7 Å². The molecule has 0 radical (unpaired) electrons. The minimum atomic E-state index is -3.35. The van der Waals surface area contributed by atoms with Crippen molar-refractivity contribution in [3.05, 3.63) is 12.7 Å². The Morgan fingerprint density at radius 3 is 1.70 bits per heavy atom. The van der Waals surface area contributed by atoms with E-state index in [9.17, 15) is 101 Å². The van der Waals surface area contributed by atoms with Crippen LogP contribution >= 0.6 is 0 Å². The van der Waals surface area contributed by atoms with Crippen LogP contribution in [0.25, 0.3) is 0 Å². The average molecular weight is 1160 g/mol. The number of allylic oxidation sites excluding steroid dienone is 1. The van der Waals surface area contributed by atoms with Gasteiger partial charge < -0.3 is 140 Å². The summed E-state index contributed by atoms with van der Waals surface area (Å²) in [5.41, 5.74) is 0. The summed E-state index contributed by atoms with van der Waals surface area (Å²) < 4.78 is 53.1. The normalized spacial score (nSPS) is 41.2. The first-order chi connectivity index (χ1) is 37.9. The number of unbranched alkanes of at least 4 members (excludes halogenated alkanes) is 6. The van der Waals surface area contributed by atoms with Gasteiger partial charge in [-0.3, -0.25) is 14.4 Å². The molecule has 5 fully saturated rings. The van der Waals surface area contributed by atoms with Crippen molar-refractivity contribution in [2.75, 3.05) is 33.0 Å². The lowest BCUT2D eigenvalue weighted by Crippen LogP contribution is -2.72. The molecule has 19 N–H and O–H groups in total. The van der Waals surface area contributed by atoms with Crippen LogP contribution < -0.4 is 16.0 Å². The van der Waals surface area contributed by atoms with Crippen molar-refractivity contribution in [2.24, 2.45) is 0 Å². The van der Waals surface area contributed by atoms with Gasteiger partial charge in [-0.25, -0.2) is 4.79 Å². The Labute approximate surface area is 458 Å². The molecule has 0 saturated carbocycles. The maximum atomic E-state index is 13.6. The maximum absolute atomic E-state index is 13.6. The van der Waals surface area contributed by atoms with Crippen LogP contribution in [0.5, 0.6) is 0 Å². The van der Waals surface area contributed by atoms with Crippen molar-refractivity contribution in [1.29, 1.82) is 0 Å². The number of hydrogen-bond acceptors (Lipinski definition) is 28. The topological polar surface area (TPSA) is 511 Å². The van der Waals surface area contributed by atoms with Crippen LogP contribution in [-0.4, -0.2) is 297 Å². The van der Waals surface area contributed by atoms with Crippen LogP contribution in [0.3, 0.4) is 0 Å². The third kappa shape index (κ3) is 16.3. The Hall–Kier alpha value is -3.34. The number of aliphatic hydroxyl groups is 15. The summed E-state index contributed by atoms with van der Waals surface area (Å²) in [5.74, 6) is -7.84. The van der Waals surface area contributed by atoms with Gasteiger partial charge in [0.1, 0.15) is 116 Å². The van der Waals surface area contributed by atoms with Gasteiger partial charge in [-0.05, 0) is 19.3 Å². The largest absolute Gasteiger partial charge is 0.477 e. The highest BCUT2D eigenvalue weighted by Gasteiger charge is 2.62. The molecular formula is C48H81N3O29. The summed E-state index contributed by atoms with van der Waals surface area (Å²) in [4.78, 5) is 51.7. The zero-order valence-corrected chi connectivity index (χ0v) is 44.1. The minimum Gasteiger partial charge on any atom is -0.477 e. The Morgan fingerprint density at radius 1 is 0.588 bits per heavy atom. The number of aliphatic carboxylic acids is 1. The Morgan fingerprint density at radius 2 is 1.11 bits per heavy atom. The molecule has 5 saturated heterocycles. The number of carbonyl (C=O) groups is 4. The highest BCUT2D eigenvalue weighted by Crippen LogP contribution is 2.41. The zero-order valence-electron chi connectivity index (χ0n) is 44.1. The molecule has 0 aromatic carbocycles. The molecule has 0 unspecified atom stereocenters. The number of hydrogen-bond donors (Lipinski definition) is 19. The molecule has 0 spiro atoms. The first-order valence-corrected chi connectivity index (χ1v) is 26.4. The molecule has 5 aliphatic heterocycles. The number of aliphatic hydroxyl groups excluding tert-OH is 15. The van der Waals surface area contributed by atoms with E-state index in [0.29, 0.717) is 12.8 Å². The molecule has 26 atom stereocenters. The third-order valence-electron chi connectivity index (χ3n) is 14.5. The van der Waals surface area contributed by atoms with Crippen molar-refractivity contribution in [3.8, 4) is 0 Å². The molecule has 462 valence electrons. The molecule has 5 aliphatic rings. The van der Waals surface area contributed by atoms with Crippen molar-refractivity contribution in [2.45, 2.75) is 231 Å². The molecule has 32 nitrogen and oxygen atoms in total. The number of carbonyl (C=O) groups excluding carboxylic acids is 3. The predicted molar refractivity (Wildman–Crippen MR) is 260 cm³/mol. The summed E-state index contributed by atoms with van der Waals surface area (Å²) in [5, 5.41) is 181. The highest BCUT2D eigenvalue weighted by molar-refractivity contribution is 5.77. The van der Waals surface area contributed by atoms with Gasteiger partial charge >= 0.3 is 5.97 Å². The molecule has 80 heavy (non-hydrogen) atoms. The highest BCUT2D eigenvalue weighted by atomic mass is 16.8. The average Bonchev–Trinajstić information content (AvgIpc) is 3.62. The number of ether oxygens (including phenoxy) is 9. The van der Waals surface area contributed by atoms with Gasteiger partial charge in [0.15, 0.2) is 25.1 Å². The van der Waals surface area contributed by atoms with E-state index < -0.39 is 222 Å². The monoisotopic (exact) mass is 1160 g/mol. The summed E-state index contributed by atoms with van der Waals surface area (Å²) in [7, 11) is 0. The standard InChI is InChI=1S/C48H81N3O29/c1-4-5-6-7-8-9-10-11-12-27(61)51-43-35(67)34(66)38(25(17-55)72-43)76-46-37(69)42(80-48(47(70)71)13-21(59)28(49-19(2)57)41(79-48)30(62)22(60)14-52)39(26(18-56)75-46)77-44-29(50-20(3)58)40(32(64)24(16-54)73-44)78-45-36(68)33(65)31(63)23(15-53)74-45/h4,21-26,28-46,52-56,59-60,62-69H,1,5-18H2,2-3H3,(H,49,57)(H,50,58)(H,51,61)(H,70,71)/t21-,22+,23+,24+,25+,26+,28+,29+,30+,31-,32-,33-,34+,35+,36+,37+,38+,39-,40+,41+,42+,43+,44-,45-,46-,48-/m0/s1. The van der Waals surface area contributed by atoms with E-state index in [4.69, 9.17) is 42.6 Å². The van der Waals surface area contributed by atoms with E-state index in [1.165, 1.54) is 0 Å². The van der Waals surface area contributed by atoms with Crippen molar-refractivity contribution in [1.82, 2.24) is 16.0 Å². The molecule has 5 rings (SSSR count). The van der Waals surface area contributed by atoms with Crippen molar-refractivity contribution in [3.63, 3.8) is 0 Å². The van der Waals surface area contributed by atoms with E-state index in [1.807, 2.05) is 6.08 Å². The van der Waals surface area contributed by atoms with Crippen molar-refractivity contribution < 1.29 is 144 Å². The van der Waals surface area contributed by atoms with E-state index in [0.717, 1.165) is 46.0 Å². The van der Waals surface area contributed by atoms with Crippen LogP contribution in [0.2, 0.25) is 0 Å². The number of carboxylic acids is 1. The fourth-order valence-corrected chi connectivity index (χ4v) is 10.2. The number of amides is 3. The maximum Gasteiger partial charge on any atom is 0.364 e. The van der Waals surface area contributed by atoms with Gasteiger partial charge in [0.25, 0.3) is 5.79 Å². The molecular weight excluding hydrogens is 1080 g/mol. The molecule has 0 aromatic heterocycles. The van der Waals surface area contributed by atoms with Crippen LogP contribution in [0, 0.1) is 0 Å². The lowest BCUT2D eigenvalue weighted by atomic mass is 9.88. The Balaban J connectivity index is 1.52. The lowest BCUT2D eigenvalue weighted by molar-refractivity contribution is -0.400. The van der Waals surface area contributed by atoms with Crippen LogP contribution in [0.15, 0.2) is 12.7 Å². The molecule has 5 heterocycles. The van der Waals surface area contributed by atoms with E-state index in [-0.39, 0.29) is 6.42 Å². The molecule has 0 aromatic rings. The Kier molecular flexibility index (Phi) is 26.1.